The molecule has 0 radical (unpaired) electrons. The monoisotopic (exact) mass is 324 g/mol. The van der Waals surface area contributed by atoms with Crippen molar-refractivity contribution in [2.45, 2.75) is 19.0 Å². The Morgan fingerprint density at radius 1 is 1.04 bits per heavy atom. The summed E-state index contributed by atoms with van der Waals surface area (Å²) >= 11 is 0. The van der Waals surface area contributed by atoms with E-state index in [2.05, 4.69) is 5.32 Å². The lowest BCUT2D eigenvalue weighted by Gasteiger charge is -2.15. The van der Waals surface area contributed by atoms with Crippen LogP contribution in [0.15, 0.2) is 48.5 Å². The zero-order chi connectivity index (χ0) is 16.5. The Morgan fingerprint density at radius 3 is 2.67 bits per heavy atom. The molecule has 24 heavy (non-hydrogen) atoms. The summed E-state index contributed by atoms with van der Waals surface area (Å²) in [4.78, 5) is 26.0. The largest absolute Gasteiger partial charge is 0.454 e. The molecule has 0 spiro atoms. The smallest absolute Gasteiger partial charge is 0.251 e. The number of carbonyl (C=O) groups is 2. The molecule has 4 rings (SSSR count). The van der Waals surface area contributed by atoms with Crippen LogP contribution in [0.3, 0.4) is 0 Å². The van der Waals surface area contributed by atoms with Crippen LogP contribution in [-0.4, -0.2) is 24.6 Å². The summed E-state index contributed by atoms with van der Waals surface area (Å²) in [6.45, 7) is 0.705. The first-order valence-corrected chi connectivity index (χ1v) is 7.76. The van der Waals surface area contributed by atoms with E-state index >= 15 is 0 Å². The van der Waals surface area contributed by atoms with Crippen molar-refractivity contribution in [2.75, 3.05) is 11.7 Å². The fourth-order valence-electron chi connectivity index (χ4n) is 2.93. The average Bonchev–Trinajstić information content (AvgIpc) is 3.17. The molecule has 1 atom stereocenters. The van der Waals surface area contributed by atoms with Gasteiger partial charge in [-0.25, -0.2) is 4.90 Å². The molecule has 2 amide bonds. The Hall–Kier alpha value is -2.86. The Morgan fingerprint density at radius 2 is 1.83 bits per heavy atom. The molecule has 122 valence electrons. The number of amides is 2. The Kier molecular flexibility index (Phi) is 3.66. The molecule has 6 nitrogen and oxygen atoms in total. The van der Waals surface area contributed by atoms with E-state index < -0.39 is 6.04 Å². The normalized spacial score (nSPS) is 19.2. The van der Waals surface area contributed by atoms with Gasteiger partial charge in [0.15, 0.2) is 11.5 Å². The second kappa shape index (κ2) is 5.98. The molecule has 1 N–H and O–H groups in total. The van der Waals surface area contributed by atoms with Crippen LogP contribution in [0.2, 0.25) is 0 Å². The molecule has 2 aliphatic heterocycles. The number of fused-ring (bicyclic) bond motifs is 1. The van der Waals surface area contributed by atoms with E-state index in [0.29, 0.717) is 18.0 Å². The van der Waals surface area contributed by atoms with Crippen LogP contribution in [0, 0.1) is 0 Å². The number of ether oxygens (including phenoxy) is 2. The molecule has 1 saturated heterocycles. The summed E-state index contributed by atoms with van der Waals surface area (Å²) in [6, 6.07) is 14.1. The van der Waals surface area contributed by atoms with Gasteiger partial charge >= 0.3 is 0 Å². The van der Waals surface area contributed by atoms with Gasteiger partial charge in [0.25, 0.3) is 5.91 Å². The van der Waals surface area contributed by atoms with Crippen LogP contribution in [0.1, 0.15) is 12.0 Å². The predicted molar refractivity (Wildman–Crippen MR) is 86.7 cm³/mol. The predicted octanol–water partition coefficient (Wildman–Crippen LogP) is 1.84. The van der Waals surface area contributed by atoms with Gasteiger partial charge < -0.3 is 14.8 Å². The minimum atomic E-state index is -0.511. The molecule has 2 aliphatic rings. The van der Waals surface area contributed by atoms with Gasteiger partial charge in [-0.1, -0.05) is 24.3 Å². The third-order valence-electron chi connectivity index (χ3n) is 4.15. The number of para-hydroxylation sites is 1. The van der Waals surface area contributed by atoms with Crippen LogP contribution in [-0.2, 0) is 16.1 Å². The molecule has 0 saturated carbocycles. The molecule has 2 aromatic rings. The van der Waals surface area contributed by atoms with Gasteiger partial charge in [0.2, 0.25) is 12.7 Å². The maximum Gasteiger partial charge on any atom is 0.251 e. The van der Waals surface area contributed by atoms with Crippen LogP contribution in [0.5, 0.6) is 11.5 Å². The maximum absolute atomic E-state index is 12.5. The van der Waals surface area contributed by atoms with Crippen molar-refractivity contribution in [1.82, 2.24) is 5.32 Å². The zero-order valence-corrected chi connectivity index (χ0v) is 12.9. The Labute approximate surface area is 139 Å². The molecule has 1 fully saturated rings. The van der Waals surface area contributed by atoms with E-state index in [0.717, 1.165) is 11.3 Å². The quantitative estimate of drug-likeness (QED) is 0.869. The molecule has 2 aromatic carbocycles. The number of anilines is 1. The van der Waals surface area contributed by atoms with Crippen LogP contribution in [0.25, 0.3) is 0 Å². The Balaban J connectivity index is 1.44. The molecular weight excluding hydrogens is 308 g/mol. The number of nitrogens with zero attached hydrogens (tertiary/aromatic N) is 1. The zero-order valence-electron chi connectivity index (χ0n) is 12.9. The van der Waals surface area contributed by atoms with E-state index in [-0.39, 0.29) is 25.0 Å². The van der Waals surface area contributed by atoms with Crippen LogP contribution >= 0.6 is 0 Å². The van der Waals surface area contributed by atoms with Crippen LogP contribution < -0.4 is 19.7 Å². The maximum atomic E-state index is 12.5. The summed E-state index contributed by atoms with van der Waals surface area (Å²) in [5, 5.41) is 3.16. The summed E-state index contributed by atoms with van der Waals surface area (Å²) in [5.74, 6) is 1.02. The first-order valence-electron chi connectivity index (χ1n) is 7.76. The highest BCUT2D eigenvalue weighted by Crippen LogP contribution is 2.32. The minimum absolute atomic E-state index is 0.165. The van der Waals surface area contributed by atoms with Crippen molar-refractivity contribution < 1.29 is 19.1 Å². The standard InChI is InChI=1S/C18H16N2O4/c21-17-9-14(18(22)20(17)13-4-2-1-3-5-13)19-10-12-6-7-15-16(8-12)24-11-23-15/h1-8,14,19H,9-11H2/t14-/m0/s1. The number of rotatable bonds is 4. The van der Waals surface area contributed by atoms with Crippen molar-refractivity contribution in [3.8, 4) is 11.5 Å². The lowest BCUT2D eigenvalue weighted by molar-refractivity contribution is -0.121. The van der Waals surface area contributed by atoms with Crippen molar-refractivity contribution >= 4 is 17.5 Å². The summed E-state index contributed by atoms with van der Waals surface area (Å²) in [6.07, 6.45) is 0.165. The van der Waals surface area contributed by atoms with Gasteiger partial charge in [-0.3, -0.25) is 9.59 Å². The van der Waals surface area contributed by atoms with E-state index in [9.17, 15) is 9.59 Å². The van der Waals surface area contributed by atoms with Gasteiger partial charge in [-0.05, 0) is 29.8 Å². The SMILES string of the molecule is O=C1C[C@H](NCc2ccc3c(c2)OCO3)C(=O)N1c1ccccc1. The van der Waals surface area contributed by atoms with Crippen molar-refractivity contribution in [1.29, 1.82) is 0 Å². The second-order valence-corrected chi connectivity index (χ2v) is 5.73. The first-order chi connectivity index (χ1) is 11.7. The number of hydrogen-bond acceptors (Lipinski definition) is 5. The molecule has 0 aromatic heterocycles. The number of hydrogen-bond donors (Lipinski definition) is 1. The average molecular weight is 324 g/mol. The minimum Gasteiger partial charge on any atom is -0.454 e. The fraction of sp³-hybridized carbons (Fsp3) is 0.222. The number of nitrogens with one attached hydrogen (secondary N) is 1. The van der Waals surface area contributed by atoms with Gasteiger partial charge in [0.05, 0.1) is 18.2 Å². The second-order valence-electron chi connectivity index (χ2n) is 5.73. The van der Waals surface area contributed by atoms with E-state index in [4.69, 9.17) is 9.47 Å². The van der Waals surface area contributed by atoms with E-state index in [1.807, 2.05) is 36.4 Å². The third-order valence-corrected chi connectivity index (χ3v) is 4.15. The van der Waals surface area contributed by atoms with E-state index in [1.165, 1.54) is 4.90 Å². The van der Waals surface area contributed by atoms with Crippen LogP contribution in [0.4, 0.5) is 5.69 Å². The third kappa shape index (κ3) is 2.61. The van der Waals surface area contributed by atoms with Crippen molar-refractivity contribution in [3.05, 3.63) is 54.1 Å². The molecular formula is C18H16N2O4. The molecule has 0 unspecified atom stereocenters. The molecule has 0 bridgehead atoms. The van der Waals surface area contributed by atoms with Crippen molar-refractivity contribution in [3.63, 3.8) is 0 Å². The van der Waals surface area contributed by atoms with Gasteiger partial charge in [-0.2, -0.15) is 0 Å². The van der Waals surface area contributed by atoms with Gasteiger partial charge in [-0.15, -0.1) is 0 Å². The highest BCUT2D eigenvalue weighted by atomic mass is 16.7. The molecule has 2 heterocycles. The fourth-order valence-corrected chi connectivity index (χ4v) is 2.93. The lowest BCUT2D eigenvalue weighted by atomic mass is 10.1. The number of carbonyl (C=O) groups excluding carboxylic acids is 2. The molecule has 0 aliphatic carbocycles. The summed E-state index contributed by atoms with van der Waals surface area (Å²) in [5.41, 5.74) is 1.58. The summed E-state index contributed by atoms with van der Waals surface area (Å²) in [7, 11) is 0. The van der Waals surface area contributed by atoms with Gasteiger partial charge in [0, 0.05) is 6.54 Å². The lowest BCUT2D eigenvalue weighted by Crippen LogP contribution is -2.38. The highest BCUT2D eigenvalue weighted by Gasteiger charge is 2.39. The summed E-state index contributed by atoms with van der Waals surface area (Å²) < 4.78 is 10.6. The topological polar surface area (TPSA) is 67.9 Å². The van der Waals surface area contributed by atoms with Crippen molar-refractivity contribution in [2.24, 2.45) is 0 Å². The first kappa shape index (κ1) is 14.7. The molecule has 6 heteroatoms. The number of imide groups is 1. The number of benzene rings is 2. The van der Waals surface area contributed by atoms with Gasteiger partial charge in [0.1, 0.15) is 0 Å². The van der Waals surface area contributed by atoms with E-state index in [1.54, 1.807) is 12.1 Å². The highest BCUT2D eigenvalue weighted by molar-refractivity contribution is 6.22. The Bertz CT molecular complexity index is 791.